The Morgan fingerprint density at radius 3 is 3.00 bits per heavy atom. The highest BCUT2D eigenvalue weighted by Crippen LogP contribution is 2.16. The van der Waals surface area contributed by atoms with Gasteiger partial charge in [-0.3, -0.25) is 4.79 Å². The van der Waals surface area contributed by atoms with E-state index in [1.54, 1.807) is 0 Å². The van der Waals surface area contributed by atoms with Crippen LogP contribution in [0.1, 0.15) is 25.7 Å². The maximum Gasteiger partial charge on any atom is 0.222 e. The first-order valence-corrected chi connectivity index (χ1v) is 5.76. The lowest BCUT2D eigenvalue weighted by molar-refractivity contribution is -0.133. The quantitative estimate of drug-likeness (QED) is 0.723. The van der Waals surface area contributed by atoms with Gasteiger partial charge in [0.05, 0.1) is 0 Å². The first-order chi connectivity index (χ1) is 6.77. The highest BCUT2D eigenvalue weighted by molar-refractivity contribution is 6.17. The van der Waals surface area contributed by atoms with Crippen LogP contribution >= 0.6 is 11.6 Å². The Morgan fingerprint density at radius 2 is 2.36 bits per heavy atom. The van der Waals surface area contributed by atoms with E-state index in [9.17, 15) is 4.79 Å². The van der Waals surface area contributed by atoms with Crippen LogP contribution in [-0.2, 0) is 4.79 Å². The van der Waals surface area contributed by atoms with Gasteiger partial charge in [-0.2, -0.15) is 0 Å². The number of aliphatic hydroxyl groups is 1. The van der Waals surface area contributed by atoms with Crippen LogP contribution in [0.5, 0.6) is 0 Å². The standard InChI is InChI=1S/C10H18ClNO2/c11-5-1-4-10(14)12-6-2-3-9(7-12)8-13/h9,13H,1-8H2. The number of piperidine rings is 1. The van der Waals surface area contributed by atoms with Crippen molar-refractivity contribution in [3.8, 4) is 0 Å². The fourth-order valence-electron chi connectivity index (χ4n) is 1.82. The fourth-order valence-corrected chi connectivity index (χ4v) is 1.95. The average Bonchev–Trinajstić information content (AvgIpc) is 2.26. The number of amides is 1. The lowest BCUT2D eigenvalue weighted by Gasteiger charge is -2.31. The number of hydrogen-bond donors (Lipinski definition) is 1. The highest BCUT2D eigenvalue weighted by atomic mass is 35.5. The Hall–Kier alpha value is -0.280. The van der Waals surface area contributed by atoms with Gasteiger partial charge in [-0.15, -0.1) is 11.6 Å². The molecule has 0 aromatic heterocycles. The number of aliphatic hydroxyl groups excluding tert-OH is 1. The van der Waals surface area contributed by atoms with Gasteiger partial charge in [-0.05, 0) is 25.2 Å². The van der Waals surface area contributed by atoms with Crippen LogP contribution in [0, 0.1) is 5.92 Å². The monoisotopic (exact) mass is 219 g/mol. The molecule has 0 aromatic carbocycles. The van der Waals surface area contributed by atoms with E-state index in [4.69, 9.17) is 16.7 Å². The van der Waals surface area contributed by atoms with Gasteiger partial charge in [0.25, 0.3) is 0 Å². The van der Waals surface area contributed by atoms with Crippen molar-refractivity contribution in [3.63, 3.8) is 0 Å². The summed E-state index contributed by atoms with van der Waals surface area (Å²) in [5, 5.41) is 9.01. The van der Waals surface area contributed by atoms with Gasteiger partial charge < -0.3 is 10.0 Å². The summed E-state index contributed by atoms with van der Waals surface area (Å²) in [6.07, 6.45) is 3.34. The van der Waals surface area contributed by atoms with Crippen molar-refractivity contribution in [1.82, 2.24) is 4.90 Å². The second-order valence-corrected chi connectivity index (χ2v) is 4.20. The van der Waals surface area contributed by atoms with E-state index in [0.29, 0.717) is 12.3 Å². The summed E-state index contributed by atoms with van der Waals surface area (Å²) in [6, 6.07) is 0. The van der Waals surface area contributed by atoms with Crippen LogP contribution in [-0.4, -0.2) is 41.5 Å². The number of rotatable bonds is 4. The second-order valence-electron chi connectivity index (χ2n) is 3.82. The summed E-state index contributed by atoms with van der Waals surface area (Å²) in [7, 11) is 0. The molecule has 1 N–H and O–H groups in total. The van der Waals surface area contributed by atoms with E-state index < -0.39 is 0 Å². The van der Waals surface area contributed by atoms with Crippen molar-refractivity contribution in [3.05, 3.63) is 0 Å². The van der Waals surface area contributed by atoms with Gasteiger partial charge in [0.2, 0.25) is 5.91 Å². The van der Waals surface area contributed by atoms with Gasteiger partial charge in [0, 0.05) is 32.0 Å². The number of halogens is 1. The third kappa shape index (κ3) is 3.46. The SMILES string of the molecule is O=C(CCCCl)N1CCCC(CO)C1. The van der Waals surface area contributed by atoms with Gasteiger partial charge >= 0.3 is 0 Å². The van der Waals surface area contributed by atoms with Gasteiger partial charge in [-0.1, -0.05) is 0 Å². The molecule has 1 unspecified atom stereocenters. The third-order valence-electron chi connectivity index (χ3n) is 2.65. The van der Waals surface area contributed by atoms with Crippen molar-refractivity contribution in [2.24, 2.45) is 5.92 Å². The number of likely N-dealkylation sites (tertiary alicyclic amines) is 1. The van der Waals surface area contributed by atoms with Crippen LogP contribution in [0.4, 0.5) is 0 Å². The van der Waals surface area contributed by atoms with Crippen LogP contribution in [0.15, 0.2) is 0 Å². The maximum absolute atomic E-state index is 11.6. The molecule has 1 aliphatic rings. The molecule has 14 heavy (non-hydrogen) atoms. The van der Waals surface area contributed by atoms with E-state index in [1.807, 2.05) is 4.90 Å². The zero-order valence-corrected chi connectivity index (χ0v) is 9.17. The molecular weight excluding hydrogens is 202 g/mol. The molecule has 1 fully saturated rings. The molecule has 0 bridgehead atoms. The molecule has 3 nitrogen and oxygen atoms in total. The largest absolute Gasteiger partial charge is 0.396 e. The summed E-state index contributed by atoms with van der Waals surface area (Å²) in [4.78, 5) is 13.5. The van der Waals surface area contributed by atoms with E-state index in [0.717, 1.165) is 32.4 Å². The molecule has 1 heterocycles. The van der Waals surface area contributed by atoms with E-state index in [-0.39, 0.29) is 18.4 Å². The smallest absolute Gasteiger partial charge is 0.222 e. The van der Waals surface area contributed by atoms with Crippen LogP contribution in [0.2, 0.25) is 0 Å². The average molecular weight is 220 g/mol. The maximum atomic E-state index is 11.6. The molecule has 1 atom stereocenters. The van der Waals surface area contributed by atoms with E-state index in [1.165, 1.54) is 0 Å². The van der Waals surface area contributed by atoms with Crippen molar-refractivity contribution in [2.45, 2.75) is 25.7 Å². The summed E-state index contributed by atoms with van der Waals surface area (Å²) in [5.41, 5.74) is 0. The minimum Gasteiger partial charge on any atom is -0.396 e. The molecule has 0 aliphatic carbocycles. The molecule has 0 radical (unpaired) electrons. The molecular formula is C10H18ClNO2. The zero-order valence-electron chi connectivity index (χ0n) is 8.41. The fraction of sp³-hybridized carbons (Fsp3) is 0.900. The van der Waals surface area contributed by atoms with Crippen molar-refractivity contribution in [1.29, 1.82) is 0 Å². The minimum atomic E-state index is 0.184. The number of carbonyl (C=O) groups excluding carboxylic acids is 1. The molecule has 0 aromatic rings. The number of nitrogens with zero attached hydrogens (tertiary/aromatic N) is 1. The number of alkyl halides is 1. The Morgan fingerprint density at radius 1 is 1.57 bits per heavy atom. The van der Waals surface area contributed by atoms with Crippen molar-refractivity contribution >= 4 is 17.5 Å². The Bertz CT molecular complexity index is 187. The van der Waals surface area contributed by atoms with Crippen LogP contribution in [0.25, 0.3) is 0 Å². The molecule has 1 amide bonds. The topological polar surface area (TPSA) is 40.5 Å². The van der Waals surface area contributed by atoms with Crippen molar-refractivity contribution < 1.29 is 9.90 Å². The molecule has 0 spiro atoms. The molecule has 0 saturated carbocycles. The number of hydrogen-bond acceptors (Lipinski definition) is 2. The summed E-state index contributed by atoms with van der Waals surface area (Å²) in [5.74, 6) is 1.01. The van der Waals surface area contributed by atoms with E-state index >= 15 is 0 Å². The highest BCUT2D eigenvalue weighted by Gasteiger charge is 2.22. The summed E-state index contributed by atoms with van der Waals surface area (Å²) >= 11 is 5.53. The molecule has 1 aliphatic heterocycles. The van der Waals surface area contributed by atoms with Crippen molar-refractivity contribution in [2.75, 3.05) is 25.6 Å². The van der Waals surface area contributed by atoms with Gasteiger partial charge in [-0.25, -0.2) is 0 Å². The summed E-state index contributed by atoms with van der Waals surface area (Å²) in [6.45, 7) is 1.76. The lowest BCUT2D eigenvalue weighted by atomic mass is 9.99. The number of carbonyl (C=O) groups is 1. The van der Waals surface area contributed by atoms with Crippen LogP contribution < -0.4 is 0 Å². The Labute approximate surface area is 90.0 Å². The lowest BCUT2D eigenvalue weighted by Crippen LogP contribution is -2.40. The molecule has 1 rings (SSSR count). The van der Waals surface area contributed by atoms with Crippen LogP contribution in [0.3, 0.4) is 0 Å². The first kappa shape index (κ1) is 11.8. The van der Waals surface area contributed by atoms with Gasteiger partial charge in [0.15, 0.2) is 0 Å². The summed E-state index contributed by atoms with van der Waals surface area (Å²) < 4.78 is 0. The predicted molar refractivity (Wildman–Crippen MR) is 56.3 cm³/mol. The molecule has 82 valence electrons. The van der Waals surface area contributed by atoms with Gasteiger partial charge in [0.1, 0.15) is 0 Å². The van der Waals surface area contributed by atoms with E-state index in [2.05, 4.69) is 0 Å². The first-order valence-electron chi connectivity index (χ1n) is 5.22. The molecule has 1 saturated heterocycles. The molecule has 4 heteroatoms. The Balaban J connectivity index is 2.31. The predicted octanol–water partition coefficient (Wildman–Crippen LogP) is 1.24. The second kappa shape index (κ2) is 6.25. The Kier molecular flexibility index (Phi) is 5.26. The third-order valence-corrected chi connectivity index (χ3v) is 2.92. The zero-order chi connectivity index (χ0) is 10.4. The normalized spacial score (nSPS) is 22.4. The minimum absolute atomic E-state index is 0.184.